The Morgan fingerprint density at radius 2 is 2.32 bits per heavy atom. The van der Waals surface area contributed by atoms with Crippen LogP contribution in [0.3, 0.4) is 0 Å². The fourth-order valence-electron chi connectivity index (χ4n) is 1.98. The highest BCUT2D eigenvalue weighted by Crippen LogP contribution is 2.24. The van der Waals surface area contributed by atoms with Crippen molar-refractivity contribution >= 4 is 11.8 Å². The Bertz CT molecular complexity index is 546. The summed E-state index contributed by atoms with van der Waals surface area (Å²) in [5.74, 6) is 0.968. The zero-order valence-corrected chi connectivity index (χ0v) is 12.0. The fraction of sp³-hybridized carbons (Fsp3) is 0.400. The Labute approximate surface area is 118 Å². The second-order valence-electron chi connectivity index (χ2n) is 5.09. The van der Waals surface area contributed by atoms with Gasteiger partial charge in [-0.15, -0.1) is 11.8 Å². The molecule has 0 spiro atoms. The van der Waals surface area contributed by atoms with Crippen molar-refractivity contribution in [1.82, 2.24) is 14.9 Å². The van der Waals surface area contributed by atoms with Crippen molar-refractivity contribution < 1.29 is 0 Å². The molecular weight excluding hydrogens is 254 g/mol. The topological polar surface area (TPSA) is 29.9 Å². The maximum Gasteiger partial charge on any atom is 0.0945 e. The number of aromatic nitrogens is 2. The molecule has 1 N–H and O–H groups in total. The minimum Gasteiger partial charge on any atom is -0.337 e. The lowest BCUT2D eigenvalue weighted by atomic mass is 10.2. The van der Waals surface area contributed by atoms with E-state index in [-0.39, 0.29) is 0 Å². The van der Waals surface area contributed by atoms with Gasteiger partial charge in [0.2, 0.25) is 0 Å². The zero-order valence-electron chi connectivity index (χ0n) is 11.2. The first-order valence-corrected chi connectivity index (χ1v) is 7.70. The molecule has 0 amide bonds. The maximum atomic E-state index is 4.15. The van der Waals surface area contributed by atoms with E-state index in [1.54, 1.807) is 0 Å². The van der Waals surface area contributed by atoms with Crippen LogP contribution in [0.1, 0.15) is 24.1 Å². The van der Waals surface area contributed by atoms with Crippen LogP contribution in [0.15, 0.2) is 41.7 Å². The third kappa shape index (κ3) is 3.61. The molecule has 0 aliphatic heterocycles. The third-order valence-corrected chi connectivity index (χ3v) is 4.40. The van der Waals surface area contributed by atoms with E-state index < -0.39 is 0 Å². The number of benzene rings is 1. The summed E-state index contributed by atoms with van der Waals surface area (Å²) in [4.78, 5) is 5.48. The summed E-state index contributed by atoms with van der Waals surface area (Å²) in [5.41, 5.74) is 2.63. The molecule has 1 aromatic carbocycles. The Morgan fingerprint density at radius 3 is 3.05 bits per heavy atom. The van der Waals surface area contributed by atoms with E-state index in [9.17, 15) is 0 Å². The van der Waals surface area contributed by atoms with Gasteiger partial charge in [0.15, 0.2) is 0 Å². The van der Waals surface area contributed by atoms with Crippen molar-refractivity contribution in [1.29, 1.82) is 0 Å². The van der Waals surface area contributed by atoms with Crippen LogP contribution in [0, 0.1) is 0 Å². The Hall–Kier alpha value is -1.26. The van der Waals surface area contributed by atoms with Gasteiger partial charge < -0.3 is 9.88 Å². The first kappa shape index (κ1) is 12.8. The Kier molecular flexibility index (Phi) is 3.89. The predicted molar refractivity (Wildman–Crippen MR) is 79.1 cm³/mol. The molecular formula is C15H19N3S. The summed E-state index contributed by atoms with van der Waals surface area (Å²) >= 11 is 1.87. The molecule has 100 valence electrons. The average Bonchev–Trinajstić information content (AvgIpc) is 3.17. The first-order chi connectivity index (χ1) is 9.31. The molecule has 0 unspecified atom stereocenters. The van der Waals surface area contributed by atoms with Gasteiger partial charge in [-0.3, -0.25) is 0 Å². The van der Waals surface area contributed by atoms with Gasteiger partial charge in [0.1, 0.15) is 0 Å². The molecule has 0 bridgehead atoms. The van der Waals surface area contributed by atoms with E-state index in [1.807, 2.05) is 31.3 Å². The summed E-state index contributed by atoms with van der Waals surface area (Å²) in [7, 11) is 2.04. The zero-order chi connectivity index (χ0) is 13.1. The molecule has 4 heteroatoms. The van der Waals surface area contributed by atoms with Crippen LogP contribution in [0.5, 0.6) is 0 Å². The summed E-state index contributed by atoms with van der Waals surface area (Å²) in [6, 6.07) is 9.59. The number of nitrogens with one attached hydrogen (secondary N) is 1. The number of aryl methyl sites for hydroxylation is 1. The van der Waals surface area contributed by atoms with Gasteiger partial charge in [0.05, 0.1) is 6.33 Å². The number of thioether (sulfide) groups is 1. The van der Waals surface area contributed by atoms with Gasteiger partial charge in [0, 0.05) is 42.2 Å². The van der Waals surface area contributed by atoms with Crippen LogP contribution in [0.4, 0.5) is 0 Å². The molecule has 0 radical (unpaired) electrons. The summed E-state index contributed by atoms with van der Waals surface area (Å²) in [6.45, 7) is 0.991. The monoisotopic (exact) mass is 273 g/mol. The first-order valence-electron chi connectivity index (χ1n) is 6.71. The van der Waals surface area contributed by atoms with E-state index in [4.69, 9.17) is 0 Å². The molecule has 1 aromatic heterocycles. The van der Waals surface area contributed by atoms with E-state index in [2.05, 4.69) is 39.1 Å². The average molecular weight is 273 g/mol. The highest BCUT2D eigenvalue weighted by atomic mass is 32.2. The highest BCUT2D eigenvalue weighted by molar-refractivity contribution is 7.98. The van der Waals surface area contributed by atoms with Crippen LogP contribution >= 0.6 is 11.8 Å². The van der Waals surface area contributed by atoms with E-state index in [1.165, 1.54) is 29.0 Å². The molecule has 1 saturated carbocycles. The predicted octanol–water partition coefficient (Wildman–Crippen LogP) is 2.96. The second kappa shape index (κ2) is 5.80. The Balaban J connectivity index is 1.57. The number of imidazole rings is 1. The largest absolute Gasteiger partial charge is 0.337 e. The molecule has 1 fully saturated rings. The standard InChI is InChI=1S/C15H19N3S/c1-18-11-16-9-14(18)10-19-15-4-2-3-12(7-15)8-17-13-5-6-13/h2-4,7,9,11,13,17H,5-6,8,10H2,1H3. The minimum absolute atomic E-state index is 0.769. The van der Waals surface area contributed by atoms with E-state index in [0.29, 0.717) is 0 Å². The van der Waals surface area contributed by atoms with Gasteiger partial charge in [-0.05, 0) is 30.5 Å². The lowest BCUT2D eigenvalue weighted by molar-refractivity contribution is 0.687. The van der Waals surface area contributed by atoms with Gasteiger partial charge in [0.25, 0.3) is 0 Å². The SMILES string of the molecule is Cn1cncc1CSc1cccc(CNC2CC2)c1. The third-order valence-electron chi connectivity index (χ3n) is 3.37. The molecule has 2 aromatic rings. The smallest absolute Gasteiger partial charge is 0.0945 e. The number of rotatable bonds is 6. The molecule has 0 atom stereocenters. The summed E-state index contributed by atoms with van der Waals surface area (Å²) in [6.07, 6.45) is 6.47. The fourth-order valence-corrected chi connectivity index (χ4v) is 2.98. The molecule has 1 heterocycles. The van der Waals surface area contributed by atoms with Gasteiger partial charge >= 0.3 is 0 Å². The second-order valence-corrected chi connectivity index (χ2v) is 6.14. The lowest BCUT2D eigenvalue weighted by Gasteiger charge is -2.06. The van der Waals surface area contributed by atoms with E-state index >= 15 is 0 Å². The quantitative estimate of drug-likeness (QED) is 0.821. The van der Waals surface area contributed by atoms with Crippen molar-refractivity contribution in [3.05, 3.63) is 48.0 Å². The molecule has 1 aliphatic carbocycles. The number of nitrogens with zero attached hydrogens (tertiary/aromatic N) is 2. The lowest BCUT2D eigenvalue weighted by Crippen LogP contribution is -2.15. The minimum atomic E-state index is 0.769. The van der Waals surface area contributed by atoms with Gasteiger partial charge in [-0.1, -0.05) is 12.1 Å². The van der Waals surface area contributed by atoms with Gasteiger partial charge in [-0.2, -0.15) is 0 Å². The van der Waals surface area contributed by atoms with Crippen molar-refractivity contribution in [2.24, 2.45) is 7.05 Å². The van der Waals surface area contributed by atoms with Crippen LogP contribution < -0.4 is 5.32 Å². The van der Waals surface area contributed by atoms with Crippen LogP contribution in [0.25, 0.3) is 0 Å². The van der Waals surface area contributed by atoms with Crippen molar-refractivity contribution in [2.45, 2.75) is 36.1 Å². The molecule has 19 heavy (non-hydrogen) atoms. The van der Waals surface area contributed by atoms with Crippen molar-refractivity contribution in [3.8, 4) is 0 Å². The molecule has 0 saturated heterocycles. The van der Waals surface area contributed by atoms with Crippen LogP contribution in [0.2, 0.25) is 0 Å². The highest BCUT2D eigenvalue weighted by Gasteiger charge is 2.19. The number of hydrogen-bond acceptors (Lipinski definition) is 3. The molecule has 3 nitrogen and oxygen atoms in total. The summed E-state index contributed by atoms with van der Waals surface area (Å²) < 4.78 is 2.07. The molecule has 1 aliphatic rings. The van der Waals surface area contributed by atoms with E-state index in [0.717, 1.165) is 18.3 Å². The summed E-state index contributed by atoms with van der Waals surface area (Å²) in [5, 5.41) is 3.56. The maximum absolute atomic E-state index is 4.15. The van der Waals surface area contributed by atoms with Crippen LogP contribution in [-0.2, 0) is 19.3 Å². The normalized spacial score (nSPS) is 14.8. The van der Waals surface area contributed by atoms with Crippen molar-refractivity contribution in [2.75, 3.05) is 0 Å². The van der Waals surface area contributed by atoms with Crippen molar-refractivity contribution in [3.63, 3.8) is 0 Å². The molecule has 3 rings (SSSR count). The van der Waals surface area contributed by atoms with Gasteiger partial charge in [-0.25, -0.2) is 4.98 Å². The number of hydrogen-bond donors (Lipinski definition) is 1. The Morgan fingerprint density at radius 1 is 1.42 bits per heavy atom. The van der Waals surface area contributed by atoms with Crippen LogP contribution in [-0.4, -0.2) is 15.6 Å².